The maximum absolute atomic E-state index is 5.99. The minimum atomic E-state index is 0.237. The molecule has 21 heavy (non-hydrogen) atoms. The molecule has 1 aliphatic heterocycles. The second kappa shape index (κ2) is 5.64. The zero-order valence-corrected chi connectivity index (χ0v) is 13.9. The van der Waals surface area contributed by atoms with E-state index in [4.69, 9.17) is 4.74 Å². The lowest BCUT2D eigenvalue weighted by Crippen LogP contribution is -2.67. The van der Waals surface area contributed by atoms with Crippen LogP contribution in [0.5, 0.6) is 0 Å². The lowest BCUT2D eigenvalue weighted by Gasteiger charge is -2.60. The van der Waals surface area contributed by atoms with Crippen LogP contribution in [-0.2, 0) is 4.74 Å². The molecular formula is C19H29NO. The van der Waals surface area contributed by atoms with Gasteiger partial charge in [0.15, 0.2) is 0 Å². The van der Waals surface area contributed by atoms with Gasteiger partial charge in [0.25, 0.3) is 0 Å². The maximum Gasteiger partial charge on any atom is 0.0693 e. The molecule has 1 aromatic carbocycles. The largest absolute Gasteiger partial charge is 0.381 e. The first-order chi connectivity index (χ1) is 10.0. The molecule has 0 bridgehead atoms. The van der Waals surface area contributed by atoms with Crippen LogP contribution in [0.1, 0.15) is 58.4 Å². The number of hydrogen-bond acceptors (Lipinski definition) is 2. The SMILES string of the molecule is CCC(C)c1ccc(NC2C3CCCOC3C2(C)C)cc1. The Kier molecular flexibility index (Phi) is 4.00. The Labute approximate surface area is 129 Å². The number of hydrogen-bond donors (Lipinski definition) is 1. The Morgan fingerprint density at radius 3 is 2.67 bits per heavy atom. The minimum absolute atomic E-state index is 0.237. The van der Waals surface area contributed by atoms with Crippen LogP contribution in [0.3, 0.4) is 0 Å². The van der Waals surface area contributed by atoms with Gasteiger partial charge in [-0.15, -0.1) is 0 Å². The fourth-order valence-corrected chi connectivity index (χ4v) is 4.14. The van der Waals surface area contributed by atoms with Crippen molar-refractivity contribution in [3.8, 4) is 0 Å². The highest BCUT2D eigenvalue weighted by Gasteiger charge is 2.57. The van der Waals surface area contributed by atoms with E-state index in [0.717, 1.165) is 6.61 Å². The van der Waals surface area contributed by atoms with Crippen LogP contribution in [0.2, 0.25) is 0 Å². The van der Waals surface area contributed by atoms with E-state index < -0.39 is 0 Å². The molecule has 1 aliphatic carbocycles. The van der Waals surface area contributed by atoms with Gasteiger partial charge in [-0.25, -0.2) is 0 Å². The molecule has 0 amide bonds. The van der Waals surface area contributed by atoms with Crippen molar-refractivity contribution in [1.82, 2.24) is 0 Å². The van der Waals surface area contributed by atoms with Crippen molar-refractivity contribution in [3.05, 3.63) is 29.8 Å². The number of benzene rings is 1. The van der Waals surface area contributed by atoms with Gasteiger partial charge in [-0.05, 0) is 42.9 Å². The fraction of sp³-hybridized carbons (Fsp3) is 0.684. The summed E-state index contributed by atoms with van der Waals surface area (Å²) in [5.74, 6) is 1.33. The van der Waals surface area contributed by atoms with E-state index >= 15 is 0 Å². The first-order valence-corrected chi connectivity index (χ1v) is 8.52. The zero-order chi connectivity index (χ0) is 15.0. The summed E-state index contributed by atoms with van der Waals surface area (Å²) in [5, 5.41) is 3.77. The molecule has 116 valence electrons. The predicted molar refractivity (Wildman–Crippen MR) is 88.8 cm³/mol. The molecule has 1 saturated carbocycles. The van der Waals surface area contributed by atoms with Gasteiger partial charge in [-0.3, -0.25) is 0 Å². The molecule has 0 aromatic heterocycles. The lowest BCUT2D eigenvalue weighted by atomic mass is 9.55. The summed E-state index contributed by atoms with van der Waals surface area (Å²) in [5.41, 5.74) is 2.93. The van der Waals surface area contributed by atoms with Crippen LogP contribution < -0.4 is 5.32 Å². The number of anilines is 1. The van der Waals surface area contributed by atoms with Crippen LogP contribution in [0.15, 0.2) is 24.3 Å². The van der Waals surface area contributed by atoms with Crippen LogP contribution in [-0.4, -0.2) is 18.8 Å². The average Bonchev–Trinajstić information content (AvgIpc) is 2.52. The minimum Gasteiger partial charge on any atom is -0.381 e. The monoisotopic (exact) mass is 287 g/mol. The molecule has 1 heterocycles. The third-order valence-electron chi connectivity index (χ3n) is 5.75. The van der Waals surface area contributed by atoms with Gasteiger partial charge in [-0.1, -0.05) is 39.8 Å². The van der Waals surface area contributed by atoms with Gasteiger partial charge in [0.1, 0.15) is 0 Å². The molecule has 2 aliphatic rings. The summed E-state index contributed by atoms with van der Waals surface area (Å²) < 4.78 is 5.99. The molecule has 0 radical (unpaired) electrons. The molecule has 2 heteroatoms. The van der Waals surface area contributed by atoms with Crippen LogP contribution >= 0.6 is 0 Å². The van der Waals surface area contributed by atoms with E-state index in [9.17, 15) is 0 Å². The summed E-state index contributed by atoms with van der Waals surface area (Å²) in [6.45, 7) is 10.2. The molecule has 2 nitrogen and oxygen atoms in total. The molecule has 4 atom stereocenters. The van der Waals surface area contributed by atoms with Gasteiger partial charge in [-0.2, -0.15) is 0 Å². The summed E-state index contributed by atoms with van der Waals surface area (Å²) in [7, 11) is 0. The number of nitrogens with one attached hydrogen (secondary N) is 1. The number of ether oxygens (including phenoxy) is 1. The lowest BCUT2D eigenvalue weighted by molar-refractivity contribution is -0.177. The van der Waals surface area contributed by atoms with Gasteiger partial charge in [0.05, 0.1) is 6.10 Å². The molecule has 2 fully saturated rings. The predicted octanol–water partition coefficient (Wildman–Crippen LogP) is 4.82. The molecule has 4 unspecified atom stereocenters. The highest BCUT2D eigenvalue weighted by atomic mass is 16.5. The second-order valence-electron chi connectivity index (χ2n) is 7.47. The van der Waals surface area contributed by atoms with Crippen molar-refractivity contribution in [2.45, 2.75) is 65.0 Å². The summed E-state index contributed by atoms with van der Waals surface area (Å²) in [6, 6.07) is 9.58. The van der Waals surface area contributed by atoms with E-state index in [0.29, 0.717) is 24.0 Å². The normalized spacial score (nSPS) is 31.9. The Bertz CT molecular complexity index is 479. The van der Waals surface area contributed by atoms with Gasteiger partial charge in [0, 0.05) is 29.7 Å². The Hall–Kier alpha value is -1.02. The van der Waals surface area contributed by atoms with Gasteiger partial charge in [0.2, 0.25) is 0 Å². The Morgan fingerprint density at radius 2 is 2.00 bits per heavy atom. The van der Waals surface area contributed by atoms with E-state index in [1.54, 1.807) is 0 Å². The third-order valence-corrected chi connectivity index (χ3v) is 5.75. The van der Waals surface area contributed by atoms with Crippen molar-refractivity contribution in [3.63, 3.8) is 0 Å². The molecular weight excluding hydrogens is 258 g/mol. The number of fused-ring (bicyclic) bond motifs is 1. The van der Waals surface area contributed by atoms with Crippen molar-refractivity contribution in [1.29, 1.82) is 0 Å². The van der Waals surface area contributed by atoms with E-state index in [-0.39, 0.29) is 5.41 Å². The van der Waals surface area contributed by atoms with Crippen LogP contribution in [0.4, 0.5) is 5.69 Å². The molecule has 1 saturated heterocycles. The summed E-state index contributed by atoms with van der Waals surface area (Å²) in [6.07, 6.45) is 4.16. The van der Waals surface area contributed by atoms with Crippen molar-refractivity contribution in [2.75, 3.05) is 11.9 Å². The van der Waals surface area contributed by atoms with E-state index in [1.165, 1.54) is 30.5 Å². The average molecular weight is 287 g/mol. The highest BCUT2D eigenvalue weighted by molar-refractivity contribution is 5.47. The maximum atomic E-state index is 5.99. The van der Waals surface area contributed by atoms with Gasteiger partial charge >= 0.3 is 0 Å². The zero-order valence-electron chi connectivity index (χ0n) is 13.9. The van der Waals surface area contributed by atoms with E-state index in [1.807, 2.05) is 0 Å². The van der Waals surface area contributed by atoms with Crippen LogP contribution in [0, 0.1) is 11.3 Å². The first-order valence-electron chi connectivity index (χ1n) is 8.52. The highest BCUT2D eigenvalue weighted by Crippen LogP contribution is 2.52. The topological polar surface area (TPSA) is 21.3 Å². The summed E-state index contributed by atoms with van der Waals surface area (Å²) in [4.78, 5) is 0. The number of rotatable bonds is 4. The quantitative estimate of drug-likeness (QED) is 0.857. The van der Waals surface area contributed by atoms with Crippen molar-refractivity contribution < 1.29 is 4.74 Å². The van der Waals surface area contributed by atoms with Crippen molar-refractivity contribution >= 4 is 5.69 Å². The van der Waals surface area contributed by atoms with Crippen molar-refractivity contribution in [2.24, 2.45) is 11.3 Å². The Morgan fingerprint density at radius 1 is 1.29 bits per heavy atom. The smallest absolute Gasteiger partial charge is 0.0693 e. The standard InChI is InChI=1S/C19H29NO/c1-5-13(2)14-8-10-15(11-9-14)20-17-16-7-6-12-21-18(16)19(17,3)4/h8-11,13,16-18,20H,5-7,12H2,1-4H3. The first kappa shape index (κ1) is 14.9. The van der Waals surface area contributed by atoms with Crippen LogP contribution in [0.25, 0.3) is 0 Å². The summed E-state index contributed by atoms with van der Waals surface area (Å²) >= 11 is 0. The van der Waals surface area contributed by atoms with E-state index in [2.05, 4.69) is 57.3 Å². The molecule has 0 spiro atoms. The molecule has 1 aromatic rings. The van der Waals surface area contributed by atoms with Gasteiger partial charge < -0.3 is 10.1 Å². The molecule has 1 N–H and O–H groups in total. The molecule has 3 rings (SSSR count). The second-order valence-corrected chi connectivity index (χ2v) is 7.47. The Balaban J connectivity index is 1.69. The third kappa shape index (κ3) is 2.59. The fourth-order valence-electron chi connectivity index (χ4n) is 4.14.